The zero-order valence-electron chi connectivity index (χ0n) is 14.7. The molecule has 1 aliphatic rings. The smallest absolute Gasteiger partial charge is 0.259 e. The molecule has 0 spiro atoms. The van der Waals surface area contributed by atoms with Gasteiger partial charge in [0.15, 0.2) is 5.65 Å². The summed E-state index contributed by atoms with van der Waals surface area (Å²) >= 11 is 0. The molecule has 3 heterocycles. The lowest BCUT2D eigenvalue weighted by molar-refractivity contribution is 0.0674. The van der Waals surface area contributed by atoms with Gasteiger partial charge in [-0.05, 0) is 56.4 Å². The Morgan fingerprint density at radius 2 is 2.08 bits per heavy atom. The number of aryl methyl sites for hydroxylation is 1. The van der Waals surface area contributed by atoms with Gasteiger partial charge in [-0.3, -0.25) is 4.79 Å². The van der Waals surface area contributed by atoms with Gasteiger partial charge in [0.25, 0.3) is 5.91 Å². The van der Waals surface area contributed by atoms with Crippen LogP contribution in [0.5, 0.6) is 0 Å². The van der Waals surface area contributed by atoms with Crippen molar-refractivity contribution in [2.45, 2.75) is 44.7 Å². The van der Waals surface area contributed by atoms with Crippen LogP contribution in [0.25, 0.3) is 5.65 Å². The van der Waals surface area contributed by atoms with Crippen LogP contribution in [0.4, 0.5) is 4.39 Å². The van der Waals surface area contributed by atoms with Gasteiger partial charge in [-0.15, -0.1) is 0 Å². The Morgan fingerprint density at radius 3 is 2.88 bits per heavy atom. The number of fused-ring (bicyclic) bond motifs is 1. The third kappa shape index (κ3) is 3.07. The van der Waals surface area contributed by atoms with E-state index in [0.717, 1.165) is 31.2 Å². The van der Waals surface area contributed by atoms with Crippen molar-refractivity contribution in [2.75, 3.05) is 0 Å². The van der Waals surface area contributed by atoms with E-state index in [4.69, 9.17) is 0 Å². The molecule has 26 heavy (non-hydrogen) atoms. The highest BCUT2D eigenvalue weighted by atomic mass is 19.1. The molecule has 2 atom stereocenters. The van der Waals surface area contributed by atoms with Gasteiger partial charge in [0, 0.05) is 24.5 Å². The van der Waals surface area contributed by atoms with Crippen LogP contribution in [0.1, 0.15) is 42.1 Å². The van der Waals surface area contributed by atoms with Gasteiger partial charge in [-0.1, -0.05) is 12.1 Å². The van der Waals surface area contributed by atoms with Crippen LogP contribution in [0.15, 0.2) is 48.9 Å². The summed E-state index contributed by atoms with van der Waals surface area (Å²) in [5, 5.41) is 4.23. The van der Waals surface area contributed by atoms with E-state index in [1.807, 2.05) is 17.0 Å². The topological polar surface area (TPSA) is 50.5 Å². The second kappa shape index (κ2) is 6.86. The highest BCUT2D eigenvalue weighted by molar-refractivity contribution is 6.00. The van der Waals surface area contributed by atoms with Crippen LogP contribution < -0.4 is 0 Å². The normalized spacial score (nSPS) is 20.0. The first-order valence-corrected chi connectivity index (χ1v) is 8.99. The highest BCUT2D eigenvalue weighted by Crippen LogP contribution is 2.29. The molecule has 0 saturated carbocycles. The van der Waals surface area contributed by atoms with Gasteiger partial charge in [0.2, 0.25) is 0 Å². The Morgan fingerprint density at radius 1 is 1.27 bits per heavy atom. The van der Waals surface area contributed by atoms with Crippen molar-refractivity contribution in [2.24, 2.45) is 0 Å². The lowest BCUT2D eigenvalue weighted by atomic mass is 10.0. The van der Waals surface area contributed by atoms with Crippen LogP contribution in [-0.4, -0.2) is 37.5 Å². The molecule has 0 bridgehead atoms. The summed E-state index contributed by atoms with van der Waals surface area (Å²) in [5.41, 5.74) is 2.23. The number of aromatic nitrogens is 3. The third-order valence-corrected chi connectivity index (χ3v) is 5.21. The molecule has 1 aliphatic heterocycles. The minimum absolute atomic E-state index is 0.00666. The van der Waals surface area contributed by atoms with E-state index >= 15 is 0 Å². The SMILES string of the molecule is C[C@@H]1CC[C@H](CCc2ccc(F)cc2)N1C(=O)c1cnn2cccnc12. The maximum Gasteiger partial charge on any atom is 0.259 e. The molecular weight excluding hydrogens is 331 g/mol. The average molecular weight is 352 g/mol. The zero-order chi connectivity index (χ0) is 18.1. The first-order chi connectivity index (χ1) is 12.6. The summed E-state index contributed by atoms with van der Waals surface area (Å²) < 4.78 is 14.7. The number of nitrogens with zero attached hydrogens (tertiary/aromatic N) is 4. The summed E-state index contributed by atoms with van der Waals surface area (Å²) in [6, 6.07) is 8.77. The van der Waals surface area contributed by atoms with Gasteiger partial charge in [-0.2, -0.15) is 5.10 Å². The lowest BCUT2D eigenvalue weighted by Gasteiger charge is -2.28. The van der Waals surface area contributed by atoms with Gasteiger partial charge < -0.3 is 4.90 Å². The van der Waals surface area contributed by atoms with E-state index in [2.05, 4.69) is 17.0 Å². The van der Waals surface area contributed by atoms with Crippen molar-refractivity contribution in [3.05, 3.63) is 65.9 Å². The number of halogens is 1. The maximum atomic E-state index is 13.2. The molecular formula is C20H21FN4O. The number of carbonyl (C=O) groups excluding carboxylic acids is 1. The maximum absolute atomic E-state index is 13.2. The minimum atomic E-state index is -0.222. The number of hydrogen-bond acceptors (Lipinski definition) is 3. The molecule has 1 aromatic carbocycles. The molecule has 0 unspecified atom stereocenters. The molecule has 0 aliphatic carbocycles. The summed E-state index contributed by atoms with van der Waals surface area (Å²) in [4.78, 5) is 19.5. The molecule has 2 aromatic heterocycles. The number of carbonyl (C=O) groups is 1. The Bertz CT molecular complexity index is 921. The Hall–Kier alpha value is -2.76. The van der Waals surface area contributed by atoms with E-state index in [-0.39, 0.29) is 23.8 Å². The van der Waals surface area contributed by atoms with Crippen molar-refractivity contribution in [1.29, 1.82) is 0 Å². The van der Waals surface area contributed by atoms with Crippen molar-refractivity contribution in [3.63, 3.8) is 0 Å². The van der Waals surface area contributed by atoms with Crippen molar-refractivity contribution < 1.29 is 9.18 Å². The first-order valence-electron chi connectivity index (χ1n) is 8.99. The van der Waals surface area contributed by atoms with E-state index < -0.39 is 0 Å². The fraction of sp³-hybridized carbons (Fsp3) is 0.350. The molecule has 1 amide bonds. The van der Waals surface area contributed by atoms with Gasteiger partial charge in [-0.25, -0.2) is 13.9 Å². The van der Waals surface area contributed by atoms with E-state index in [1.54, 1.807) is 29.2 Å². The standard InChI is InChI=1S/C20H21FN4O/c1-14-3-9-17(10-6-15-4-7-16(21)8-5-15)25(14)20(26)18-13-23-24-12-2-11-22-19(18)24/h2,4-5,7-8,11-14,17H,3,6,9-10H2,1H3/t14-,17-/m1/s1. The largest absolute Gasteiger partial charge is 0.333 e. The minimum Gasteiger partial charge on any atom is -0.333 e. The molecule has 6 heteroatoms. The summed E-state index contributed by atoms with van der Waals surface area (Å²) in [6.45, 7) is 2.09. The van der Waals surface area contributed by atoms with Crippen molar-refractivity contribution in [1.82, 2.24) is 19.5 Å². The van der Waals surface area contributed by atoms with Crippen molar-refractivity contribution in [3.8, 4) is 0 Å². The molecule has 1 saturated heterocycles. The third-order valence-electron chi connectivity index (χ3n) is 5.21. The van der Waals surface area contributed by atoms with Gasteiger partial charge in [0.1, 0.15) is 11.4 Å². The molecule has 3 aromatic rings. The highest BCUT2D eigenvalue weighted by Gasteiger charge is 2.35. The molecule has 0 N–H and O–H groups in total. The predicted octanol–water partition coefficient (Wildman–Crippen LogP) is 3.49. The van der Waals surface area contributed by atoms with E-state index in [9.17, 15) is 9.18 Å². The number of likely N-dealkylation sites (tertiary alicyclic amines) is 1. The molecule has 5 nitrogen and oxygen atoms in total. The quantitative estimate of drug-likeness (QED) is 0.722. The van der Waals surface area contributed by atoms with Crippen LogP contribution in [0.3, 0.4) is 0 Å². The van der Waals surface area contributed by atoms with Crippen LogP contribution >= 0.6 is 0 Å². The number of rotatable bonds is 4. The Labute approximate surface area is 151 Å². The summed E-state index contributed by atoms with van der Waals surface area (Å²) in [6.07, 6.45) is 8.74. The molecule has 1 fully saturated rings. The summed E-state index contributed by atoms with van der Waals surface area (Å²) in [7, 11) is 0. The van der Waals surface area contributed by atoms with Crippen LogP contribution in [0, 0.1) is 5.82 Å². The number of benzene rings is 1. The molecule has 0 radical (unpaired) electrons. The van der Waals surface area contributed by atoms with Gasteiger partial charge >= 0.3 is 0 Å². The number of amides is 1. The van der Waals surface area contributed by atoms with Crippen LogP contribution in [0.2, 0.25) is 0 Å². The average Bonchev–Trinajstić information content (AvgIpc) is 3.24. The predicted molar refractivity (Wildman–Crippen MR) is 96.4 cm³/mol. The number of hydrogen-bond donors (Lipinski definition) is 0. The summed E-state index contributed by atoms with van der Waals surface area (Å²) in [5.74, 6) is -0.228. The first kappa shape index (κ1) is 16.7. The fourth-order valence-electron chi connectivity index (χ4n) is 3.82. The van der Waals surface area contributed by atoms with E-state index in [1.165, 1.54) is 12.1 Å². The second-order valence-electron chi connectivity index (χ2n) is 6.90. The Balaban J connectivity index is 1.53. The molecule has 134 valence electrons. The lowest BCUT2D eigenvalue weighted by Crippen LogP contribution is -2.40. The monoisotopic (exact) mass is 352 g/mol. The zero-order valence-corrected chi connectivity index (χ0v) is 14.7. The second-order valence-corrected chi connectivity index (χ2v) is 6.90. The fourth-order valence-corrected chi connectivity index (χ4v) is 3.82. The Kier molecular flexibility index (Phi) is 4.41. The molecule has 4 rings (SSSR count). The van der Waals surface area contributed by atoms with Crippen LogP contribution in [-0.2, 0) is 6.42 Å². The van der Waals surface area contributed by atoms with Crippen molar-refractivity contribution >= 4 is 11.6 Å². The van der Waals surface area contributed by atoms with E-state index in [0.29, 0.717) is 11.2 Å². The van der Waals surface area contributed by atoms with Gasteiger partial charge in [0.05, 0.1) is 6.20 Å².